The normalized spacial score (nSPS) is 13.4. The molecular weight excluding hydrogens is 245 g/mol. The van der Waals surface area contributed by atoms with Crippen molar-refractivity contribution in [2.75, 3.05) is 7.05 Å². The fourth-order valence-electron chi connectivity index (χ4n) is 0.987. The van der Waals surface area contributed by atoms with Gasteiger partial charge in [-0.15, -0.1) is 0 Å². The van der Waals surface area contributed by atoms with Gasteiger partial charge in [0.05, 0.1) is 0 Å². The maximum Gasteiger partial charge on any atom is 0.123 e. The Morgan fingerprint density at radius 2 is 2.21 bits per heavy atom. The van der Waals surface area contributed by atoms with E-state index in [-0.39, 0.29) is 11.9 Å². The lowest BCUT2D eigenvalue weighted by atomic mass is 10.2. The van der Waals surface area contributed by atoms with Gasteiger partial charge in [0.1, 0.15) is 5.82 Å². The molecule has 1 unspecified atom stereocenters. The standard InChI is InChI=1S/C11H13BrFN/c1-8(14-2)3-4-9-7-10(13)5-6-11(9)12/h3-8,14H,1-2H3/b4-3+. The lowest BCUT2D eigenvalue weighted by molar-refractivity contribution is 0.627. The van der Waals surface area contributed by atoms with Crippen LogP contribution < -0.4 is 5.32 Å². The van der Waals surface area contributed by atoms with Crippen molar-refractivity contribution in [1.82, 2.24) is 5.32 Å². The van der Waals surface area contributed by atoms with Gasteiger partial charge in [0.25, 0.3) is 0 Å². The van der Waals surface area contributed by atoms with E-state index >= 15 is 0 Å². The first kappa shape index (κ1) is 11.4. The van der Waals surface area contributed by atoms with Gasteiger partial charge in [0, 0.05) is 10.5 Å². The van der Waals surface area contributed by atoms with Gasteiger partial charge in [-0.25, -0.2) is 4.39 Å². The van der Waals surface area contributed by atoms with Crippen molar-refractivity contribution < 1.29 is 4.39 Å². The number of benzene rings is 1. The van der Waals surface area contributed by atoms with Crippen LogP contribution in [-0.2, 0) is 0 Å². The van der Waals surface area contributed by atoms with E-state index in [1.54, 1.807) is 6.07 Å². The summed E-state index contributed by atoms with van der Waals surface area (Å²) in [5, 5.41) is 3.07. The first-order chi connectivity index (χ1) is 6.63. The highest BCUT2D eigenvalue weighted by molar-refractivity contribution is 9.10. The van der Waals surface area contributed by atoms with Crippen LogP contribution in [-0.4, -0.2) is 13.1 Å². The summed E-state index contributed by atoms with van der Waals surface area (Å²) in [6.07, 6.45) is 3.88. The van der Waals surface area contributed by atoms with Crippen LogP contribution >= 0.6 is 15.9 Å². The van der Waals surface area contributed by atoms with Crippen molar-refractivity contribution in [1.29, 1.82) is 0 Å². The molecule has 1 aromatic carbocycles. The SMILES string of the molecule is CNC(C)/C=C/c1cc(F)ccc1Br. The van der Waals surface area contributed by atoms with Crippen molar-refractivity contribution in [3.8, 4) is 0 Å². The van der Waals surface area contributed by atoms with Crippen LogP contribution in [0.3, 0.4) is 0 Å². The molecule has 1 atom stereocenters. The van der Waals surface area contributed by atoms with Gasteiger partial charge in [0.2, 0.25) is 0 Å². The Labute approximate surface area is 92.1 Å². The Kier molecular flexibility index (Phi) is 4.29. The molecule has 0 amide bonds. The van der Waals surface area contributed by atoms with E-state index in [1.807, 2.05) is 26.1 Å². The highest BCUT2D eigenvalue weighted by Gasteiger charge is 1.98. The Morgan fingerprint density at radius 3 is 2.86 bits per heavy atom. The zero-order valence-corrected chi connectivity index (χ0v) is 9.81. The van der Waals surface area contributed by atoms with Gasteiger partial charge in [-0.3, -0.25) is 0 Å². The van der Waals surface area contributed by atoms with E-state index in [4.69, 9.17) is 0 Å². The quantitative estimate of drug-likeness (QED) is 0.877. The monoisotopic (exact) mass is 257 g/mol. The predicted molar refractivity (Wildman–Crippen MR) is 61.7 cm³/mol. The molecule has 0 aromatic heterocycles. The summed E-state index contributed by atoms with van der Waals surface area (Å²) >= 11 is 3.36. The summed E-state index contributed by atoms with van der Waals surface area (Å²) in [5.74, 6) is -0.218. The maximum absolute atomic E-state index is 12.9. The van der Waals surface area contributed by atoms with Crippen molar-refractivity contribution in [2.45, 2.75) is 13.0 Å². The number of nitrogens with one attached hydrogen (secondary N) is 1. The van der Waals surface area contributed by atoms with Gasteiger partial charge < -0.3 is 5.32 Å². The molecule has 0 bridgehead atoms. The maximum atomic E-state index is 12.9. The zero-order chi connectivity index (χ0) is 10.6. The second-order valence-corrected chi connectivity index (χ2v) is 3.96. The van der Waals surface area contributed by atoms with Gasteiger partial charge in [-0.2, -0.15) is 0 Å². The molecule has 3 heteroatoms. The fourth-order valence-corrected chi connectivity index (χ4v) is 1.37. The Bertz CT molecular complexity index is 336. The molecule has 0 fully saturated rings. The van der Waals surface area contributed by atoms with Gasteiger partial charge in [0.15, 0.2) is 0 Å². The molecule has 14 heavy (non-hydrogen) atoms. The van der Waals surface area contributed by atoms with Gasteiger partial charge in [-0.1, -0.05) is 28.1 Å². The van der Waals surface area contributed by atoms with Crippen molar-refractivity contribution in [3.63, 3.8) is 0 Å². The van der Waals surface area contributed by atoms with Crippen LogP contribution in [0.1, 0.15) is 12.5 Å². The number of rotatable bonds is 3. The number of halogens is 2. The third-order valence-electron chi connectivity index (χ3n) is 1.98. The average Bonchev–Trinajstić information content (AvgIpc) is 2.19. The van der Waals surface area contributed by atoms with Crippen molar-refractivity contribution in [3.05, 3.63) is 40.1 Å². The van der Waals surface area contributed by atoms with E-state index in [0.717, 1.165) is 10.0 Å². The Balaban J connectivity index is 2.85. The lowest BCUT2D eigenvalue weighted by Crippen LogP contribution is -2.17. The third-order valence-corrected chi connectivity index (χ3v) is 2.70. The molecule has 0 spiro atoms. The van der Waals surface area contributed by atoms with Crippen LogP contribution in [0.4, 0.5) is 4.39 Å². The van der Waals surface area contributed by atoms with E-state index in [1.165, 1.54) is 12.1 Å². The Morgan fingerprint density at radius 1 is 1.50 bits per heavy atom. The molecular formula is C11H13BrFN. The molecule has 1 aromatic rings. The van der Waals surface area contributed by atoms with Gasteiger partial charge >= 0.3 is 0 Å². The fraction of sp³-hybridized carbons (Fsp3) is 0.273. The zero-order valence-electron chi connectivity index (χ0n) is 8.22. The van der Waals surface area contributed by atoms with Crippen molar-refractivity contribution in [2.24, 2.45) is 0 Å². The number of hydrogen-bond donors (Lipinski definition) is 1. The lowest BCUT2D eigenvalue weighted by Gasteiger charge is -2.03. The minimum atomic E-state index is -0.218. The first-order valence-electron chi connectivity index (χ1n) is 4.44. The van der Waals surface area contributed by atoms with E-state index in [2.05, 4.69) is 21.2 Å². The third kappa shape index (κ3) is 3.24. The second kappa shape index (κ2) is 5.27. The average molecular weight is 258 g/mol. The first-order valence-corrected chi connectivity index (χ1v) is 5.23. The minimum Gasteiger partial charge on any atom is -0.314 e. The highest BCUT2D eigenvalue weighted by Crippen LogP contribution is 2.19. The summed E-state index contributed by atoms with van der Waals surface area (Å²) < 4.78 is 13.8. The molecule has 0 saturated heterocycles. The smallest absolute Gasteiger partial charge is 0.123 e. The van der Waals surface area contributed by atoms with Crippen LogP contribution in [0, 0.1) is 5.82 Å². The molecule has 0 aliphatic rings. The second-order valence-electron chi connectivity index (χ2n) is 3.10. The largest absolute Gasteiger partial charge is 0.314 e. The van der Waals surface area contributed by atoms with Gasteiger partial charge in [-0.05, 0) is 37.7 Å². The molecule has 1 nitrogen and oxygen atoms in total. The van der Waals surface area contributed by atoms with Crippen LogP contribution in [0.25, 0.3) is 6.08 Å². The van der Waals surface area contributed by atoms with Crippen LogP contribution in [0.5, 0.6) is 0 Å². The molecule has 0 aliphatic heterocycles. The molecule has 76 valence electrons. The minimum absolute atomic E-state index is 0.218. The molecule has 0 aliphatic carbocycles. The summed E-state index contributed by atoms with van der Waals surface area (Å²) in [7, 11) is 1.88. The van der Waals surface area contributed by atoms with Crippen molar-refractivity contribution >= 4 is 22.0 Å². The summed E-state index contributed by atoms with van der Waals surface area (Å²) in [6.45, 7) is 2.03. The summed E-state index contributed by atoms with van der Waals surface area (Å²) in [6, 6.07) is 4.93. The van der Waals surface area contributed by atoms with E-state index in [9.17, 15) is 4.39 Å². The molecule has 0 heterocycles. The number of hydrogen-bond acceptors (Lipinski definition) is 1. The predicted octanol–water partition coefficient (Wildman–Crippen LogP) is 3.21. The van der Waals surface area contributed by atoms with Crippen LogP contribution in [0.15, 0.2) is 28.7 Å². The summed E-state index contributed by atoms with van der Waals surface area (Å²) in [5.41, 5.74) is 0.854. The molecule has 1 rings (SSSR count). The molecule has 1 N–H and O–H groups in total. The summed E-state index contributed by atoms with van der Waals surface area (Å²) in [4.78, 5) is 0. The van der Waals surface area contributed by atoms with Crippen LogP contribution in [0.2, 0.25) is 0 Å². The van der Waals surface area contributed by atoms with E-state index < -0.39 is 0 Å². The molecule has 0 radical (unpaired) electrons. The molecule has 0 saturated carbocycles. The Hall–Kier alpha value is -0.670. The number of likely N-dealkylation sites (N-methyl/N-ethyl adjacent to an activating group) is 1. The topological polar surface area (TPSA) is 12.0 Å². The van der Waals surface area contributed by atoms with E-state index in [0.29, 0.717) is 0 Å². The highest BCUT2D eigenvalue weighted by atomic mass is 79.9.